The van der Waals surface area contributed by atoms with Crippen molar-refractivity contribution in [3.05, 3.63) is 50.6 Å². The van der Waals surface area contributed by atoms with E-state index in [1.807, 2.05) is 0 Å². The standard InChI is InChI=1S/C19H16Cl2N2OS2/c1-10-2-4-13-16(6-10)26-19-17(13)18(22-9-23-19)25-8-15(24)12-5-3-11(20)7-14(12)21/h3,5,7,9-10H,2,4,6,8H2,1H3. The molecular formula is C19H16Cl2N2OS2. The van der Waals surface area contributed by atoms with Crippen LogP contribution in [0.3, 0.4) is 0 Å². The third-order valence-corrected chi connectivity index (χ3v) is 7.33. The molecule has 1 aromatic carbocycles. The number of benzene rings is 1. The summed E-state index contributed by atoms with van der Waals surface area (Å²) in [6.07, 6.45) is 4.96. The van der Waals surface area contributed by atoms with Crippen LogP contribution >= 0.6 is 46.3 Å². The van der Waals surface area contributed by atoms with Gasteiger partial charge in [-0.3, -0.25) is 4.79 Å². The Morgan fingerprint density at radius 3 is 3.00 bits per heavy atom. The lowest BCUT2D eigenvalue weighted by atomic mass is 9.89. The molecule has 1 atom stereocenters. The van der Waals surface area contributed by atoms with Gasteiger partial charge in [0.25, 0.3) is 0 Å². The molecule has 134 valence electrons. The lowest BCUT2D eigenvalue weighted by Crippen LogP contribution is -2.09. The number of thiophene rings is 1. The van der Waals surface area contributed by atoms with E-state index in [2.05, 4.69) is 16.9 Å². The topological polar surface area (TPSA) is 42.9 Å². The number of Topliss-reactive ketones (excluding diaryl/α,β-unsaturated/α-hetero) is 1. The van der Waals surface area contributed by atoms with Crippen molar-refractivity contribution in [3.8, 4) is 0 Å². The molecule has 26 heavy (non-hydrogen) atoms. The molecule has 0 saturated carbocycles. The van der Waals surface area contributed by atoms with Crippen molar-refractivity contribution in [2.75, 3.05) is 5.75 Å². The smallest absolute Gasteiger partial charge is 0.174 e. The zero-order valence-corrected chi connectivity index (χ0v) is 17.2. The Hall–Kier alpha value is -1.14. The number of hydrogen-bond acceptors (Lipinski definition) is 5. The minimum atomic E-state index is -0.0267. The molecule has 4 rings (SSSR count). The van der Waals surface area contributed by atoms with E-state index in [1.165, 1.54) is 28.6 Å². The minimum absolute atomic E-state index is 0.0267. The van der Waals surface area contributed by atoms with Gasteiger partial charge in [-0.15, -0.1) is 11.3 Å². The monoisotopic (exact) mass is 422 g/mol. The van der Waals surface area contributed by atoms with E-state index in [1.54, 1.807) is 35.9 Å². The summed E-state index contributed by atoms with van der Waals surface area (Å²) >= 11 is 15.3. The molecule has 0 radical (unpaired) electrons. The van der Waals surface area contributed by atoms with E-state index < -0.39 is 0 Å². The Labute approximate surface area is 170 Å². The molecule has 0 spiro atoms. The number of thioether (sulfide) groups is 1. The van der Waals surface area contributed by atoms with Crippen LogP contribution in [-0.4, -0.2) is 21.5 Å². The fraction of sp³-hybridized carbons (Fsp3) is 0.316. The van der Waals surface area contributed by atoms with Crippen molar-refractivity contribution in [2.45, 2.75) is 31.2 Å². The maximum absolute atomic E-state index is 12.6. The molecule has 3 nitrogen and oxygen atoms in total. The molecule has 2 heterocycles. The number of hydrogen-bond donors (Lipinski definition) is 0. The number of ketones is 1. The van der Waals surface area contributed by atoms with Crippen molar-refractivity contribution >= 4 is 62.3 Å². The minimum Gasteiger partial charge on any atom is -0.293 e. The van der Waals surface area contributed by atoms with Gasteiger partial charge in [-0.2, -0.15) is 0 Å². The predicted octanol–water partition coefficient (Wildman–Crippen LogP) is 6.10. The average Bonchev–Trinajstić information content (AvgIpc) is 2.97. The van der Waals surface area contributed by atoms with Gasteiger partial charge in [0.15, 0.2) is 5.78 Å². The predicted molar refractivity (Wildman–Crippen MR) is 110 cm³/mol. The first kappa shape index (κ1) is 18.2. The van der Waals surface area contributed by atoms with Crippen LogP contribution in [0.5, 0.6) is 0 Å². The van der Waals surface area contributed by atoms with Gasteiger partial charge in [0.05, 0.1) is 10.8 Å². The Kier molecular flexibility index (Phi) is 5.24. The molecule has 0 bridgehead atoms. The van der Waals surface area contributed by atoms with Crippen LogP contribution < -0.4 is 0 Å². The van der Waals surface area contributed by atoms with E-state index in [4.69, 9.17) is 23.2 Å². The van der Waals surface area contributed by atoms with Gasteiger partial charge in [0, 0.05) is 20.8 Å². The molecule has 1 aliphatic carbocycles. The fourth-order valence-corrected chi connectivity index (χ4v) is 6.12. The third kappa shape index (κ3) is 3.50. The Morgan fingerprint density at radius 1 is 1.35 bits per heavy atom. The zero-order chi connectivity index (χ0) is 18.3. The highest BCUT2D eigenvalue weighted by molar-refractivity contribution is 8.00. The largest absolute Gasteiger partial charge is 0.293 e. The SMILES string of the molecule is CC1CCc2c(sc3ncnc(SCC(=O)c4ccc(Cl)cc4Cl)c23)C1. The summed E-state index contributed by atoms with van der Waals surface area (Å²) in [6.45, 7) is 2.29. The summed E-state index contributed by atoms with van der Waals surface area (Å²) in [4.78, 5) is 23.9. The number of aryl methyl sites for hydroxylation is 1. The molecule has 0 saturated heterocycles. The molecule has 1 aliphatic rings. The van der Waals surface area contributed by atoms with E-state index in [9.17, 15) is 4.79 Å². The summed E-state index contributed by atoms with van der Waals surface area (Å²) in [5.74, 6) is 0.975. The van der Waals surface area contributed by atoms with Crippen LogP contribution in [-0.2, 0) is 12.8 Å². The molecular weight excluding hydrogens is 407 g/mol. The first-order valence-electron chi connectivity index (χ1n) is 8.39. The highest BCUT2D eigenvalue weighted by Gasteiger charge is 2.23. The van der Waals surface area contributed by atoms with Crippen LogP contribution in [0.1, 0.15) is 34.1 Å². The Bertz CT molecular complexity index is 1000. The summed E-state index contributed by atoms with van der Waals surface area (Å²) in [5.41, 5.74) is 1.87. The van der Waals surface area contributed by atoms with Crippen LogP contribution in [0.2, 0.25) is 10.0 Å². The molecule has 2 aromatic heterocycles. The number of fused-ring (bicyclic) bond motifs is 3. The number of carbonyl (C=O) groups is 1. The normalized spacial score (nSPS) is 16.7. The van der Waals surface area contributed by atoms with Crippen molar-refractivity contribution in [2.24, 2.45) is 5.92 Å². The highest BCUT2D eigenvalue weighted by Crippen LogP contribution is 2.40. The molecule has 1 unspecified atom stereocenters. The van der Waals surface area contributed by atoms with E-state index in [-0.39, 0.29) is 11.5 Å². The Morgan fingerprint density at radius 2 is 2.19 bits per heavy atom. The van der Waals surface area contributed by atoms with E-state index in [0.717, 1.165) is 28.1 Å². The van der Waals surface area contributed by atoms with Crippen molar-refractivity contribution in [1.29, 1.82) is 0 Å². The first-order chi connectivity index (χ1) is 12.5. The molecule has 3 aromatic rings. The maximum Gasteiger partial charge on any atom is 0.174 e. The summed E-state index contributed by atoms with van der Waals surface area (Å²) in [5, 5.41) is 2.94. The van der Waals surface area contributed by atoms with Gasteiger partial charge < -0.3 is 0 Å². The van der Waals surface area contributed by atoms with Gasteiger partial charge in [0.2, 0.25) is 0 Å². The lowest BCUT2D eigenvalue weighted by Gasteiger charge is -2.18. The van der Waals surface area contributed by atoms with Gasteiger partial charge >= 0.3 is 0 Å². The quantitative estimate of drug-likeness (QED) is 0.289. The summed E-state index contributed by atoms with van der Waals surface area (Å²) in [6, 6.07) is 4.96. The molecule has 0 aliphatic heterocycles. The van der Waals surface area contributed by atoms with Crippen molar-refractivity contribution in [1.82, 2.24) is 9.97 Å². The second-order valence-corrected chi connectivity index (χ2v) is 9.44. The average molecular weight is 423 g/mol. The number of rotatable bonds is 4. The van der Waals surface area contributed by atoms with E-state index >= 15 is 0 Å². The summed E-state index contributed by atoms with van der Waals surface area (Å²) < 4.78 is 0. The molecule has 0 N–H and O–H groups in total. The third-order valence-electron chi connectivity index (χ3n) is 4.63. The van der Waals surface area contributed by atoms with Crippen LogP contribution in [0.15, 0.2) is 29.6 Å². The van der Waals surface area contributed by atoms with Gasteiger partial charge in [0.1, 0.15) is 16.2 Å². The highest BCUT2D eigenvalue weighted by atomic mass is 35.5. The van der Waals surface area contributed by atoms with Gasteiger partial charge in [-0.1, -0.05) is 41.9 Å². The zero-order valence-electron chi connectivity index (χ0n) is 14.1. The molecule has 0 amide bonds. The van der Waals surface area contributed by atoms with Crippen LogP contribution in [0.4, 0.5) is 0 Å². The Balaban J connectivity index is 1.60. The number of nitrogens with zero attached hydrogens (tertiary/aromatic N) is 2. The molecule has 0 fully saturated rings. The molecule has 7 heteroatoms. The number of halogens is 2. The van der Waals surface area contributed by atoms with Crippen molar-refractivity contribution < 1.29 is 4.79 Å². The lowest BCUT2D eigenvalue weighted by molar-refractivity contribution is 0.102. The van der Waals surface area contributed by atoms with Crippen LogP contribution in [0.25, 0.3) is 10.2 Å². The summed E-state index contributed by atoms with van der Waals surface area (Å²) in [7, 11) is 0. The fourth-order valence-electron chi connectivity index (χ4n) is 3.28. The van der Waals surface area contributed by atoms with Gasteiger partial charge in [-0.25, -0.2) is 9.97 Å². The van der Waals surface area contributed by atoms with Gasteiger partial charge in [-0.05, 0) is 48.9 Å². The van der Waals surface area contributed by atoms with E-state index in [0.29, 0.717) is 21.5 Å². The maximum atomic E-state index is 12.6. The van der Waals surface area contributed by atoms with Crippen LogP contribution in [0, 0.1) is 5.92 Å². The number of aromatic nitrogens is 2. The first-order valence-corrected chi connectivity index (χ1v) is 10.9. The van der Waals surface area contributed by atoms with Crippen molar-refractivity contribution in [3.63, 3.8) is 0 Å². The second kappa shape index (κ2) is 7.47. The number of carbonyl (C=O) groups excluding carboxylic acids is 1. The second-order valence-electron chi connectivity index (χ2n) is 6.55.